The minimum atomic E-state index is -0.0619. The normalized spacial score (nSPS) is 20.9. The van der Waals surface area contributed by atoms with E-state index in [1.54, 1.807) is 7.11 Å². The first kappa shape index (κ1) is 14.2. The zero-order valence-electron chi connectivity index (χ0n) is 11.7. The van der Waals surface area contributed by atoms with Gasteiger partial charge < -0.3 is 19.9 Å². The summed E-state index contributed by atoms with van der Waals surface area (Å²) in [5, 5.41) is 0. The van der Waals surface area contributed by atoms with Crippen LogP contribution in [0.15, 0.2) is 18.2 Å². The minimum absolute atomic E-state index is 0.0619. The highest BCUT2D eigenvalue weighted by Crippen LogP contribution is 2.29. The first-order valence-electron chi connectivity index (χ1n) is 6.88. The number of methoxy groups -OCH3 is 1. The van der Waals surface area contributed by atoms with Crippen LogP contribution in [-0.4, -0.2) is 26.4 Å². The molecule has 1 aromatic carbocycles. The quantitative estimate of drug-likeness (QED) is 0.889. The minimum Gasteiger partial charge on any atom is -0.497 e. The molecule has 19 heavy (non-hydrogen) atoms. The monoisotopic (exact) mass is 265 g/mol. The Morgan fingerprint density at radius 1 is 1.42 bits per heavy atom. The molecule has 1 aromatic rings. The SMILES string of the molecule is COc1ccc([C@@H](C)N)c(OCC2CCCCO2)c1. The molecule has 0 aromatic heterocycles. The molecule has 4 nitrogen and oxygen atoms in total. The van der Waals surface area contributed by atoms with Crippen LogP contribution >= 0.6 is 0 Å². The van der Waals surface area contributed by atoms with Crippen LogP contribution in [-0.2, 0) is 4.74 Å². The molecule has 4 heteroatoms. The van der Waals surface area contributed by atoms with Crippen LogP contribution in [0, 0.1) is 0 Å². The summed E-state index contributed by atoms with van der Waals surface area (Å²) in [5.74, 6) is 1.58. The fraction of sp³-hybridized carbons (Fsp3) is 0.600. The van der Waals surface area contributed by atoms with Gasteiger partial charge >= 0.3 is 0 Å². The third kappa shape index (κ3) is 3.85. The summed E-state index contributed by atoms with van der Waals surface area (Å²) < 4.78 is 16.8. The second kappa shape index (κ2) is 6.78. The number of hydrogen-bond donors (Lipinski definition) is 1. The molecule has 1 saturated heterocycles. The number of ether oxygens (including phenoxy) is 3. The predicted molar refractivity (Wildman–Crippen MR) is 74.7 cm³/mol. The van der Waals surface area contributed by atoms with Crippen molar-refractivity contribution in [2.75, 3.05) is 20.3 Å². The average molecular weight is 265 g/mol. The smallest absolute Gasteiger partial charge is 0.127 e. The largest absolute Gasteiger partial charge is 0.497 e. The van der Waals surface area contributed by atoms with Gasteiger partial charge in [0.25, 0.3) is 0 Å². The Bertz CT molecular complexity index is 400. The Labute approximate surface area is 114 Å². The summed E-state index contributed by atoms with van der Waals surface area (Å²) in [5.41, 5.74) is 6.96. The van der Waals surface area contributed by atoms with Gasteiger partial charge in [0.1, 0.15) is 18.1 Å². The molecule has 0 aliphatic carbocycles. The summed E-state index contributed by atoms with van der Waals surface area (Å²) in [6.45, 7) is 3.37. The van der Waals surface area contributed by atoms with Crippen molar-refractivity contribution in [2.24, 2.45) is 5.73 Å². The first-order valence-corrected chi connectivity index (χ1v) is 6.88. The molecule has 0 saturated carbocycles. The van der Waals surface area contributed by atoms with E-state index in [-0.39, 0.29) is 12.1 Å². The molecule has 0 radical (unpaired) electrons. The molecule has 0 spiro atoms. The molecule has 0 amide bonds. The van der Waals surface area contributed by atoms with Crippen LogP contribution in [0.25, 0.3) is 0 Å². The van der Waals surface area contributed by atoms with E-state index in [0.29, 0.717) is 6.61 Å². The fourth-order valence-corrected chi connectivity index (χ4v) is 2.26. The van der Waals surface area contributed by atoms with Gasteiger partial charge in [0, 0.05) is 24.3 Å². The second-order valence-electron chi connectivity index (χ2n) is 4.99. The van der Waals surface area contributed by atoms with Crippen LogP contribution in [0.3, 0.4) is 0 Å². The van der Waals surface area contributed by atoms with Crippen molar-refractivity contribution >= 4 is 0 Å². The van der Waals surface area contributed by atoms with Crippen molar-refractivity contribution in [3.05, 3.63) is 23.8 Å². The maximum atomic E-state index is 5.96. The van der Waals surface area contributed by atoms with Gasteiger partial charge in [0.15, 0.2) is 0 Å². The molecule has 0 bridgehead atoms. The van der Waals surface area contributed by atoms with Crippen LogP contribution in [0.2, 0.25) is 0 Å². The molecule has 1 aliphatic rings. The molecule has 1 fully saturated rings. The second-order valence-corrected chi connectivity index (χ2v) is 4.99. The van der Waals surface area contributed by atoms with Crippen molar-refractivity contribution in [1.29, 1.82) is 0 Å². The molecule has 1 unspecified atom stereocenters. The predicted octanol–water partition coefficient (Wildman–Crippen LogP) is 2.66. The van der Waals surface area contributed by atoms with E-state index in [2.05, 4.69) is 0 Å². The highest BCUT2D eigenvalue weighted by molar-refractivity contribution is 5.42. The van der Waals surface area contributed by atoms with Crippen LogP contribution in [0.5, 0.6) is 11.5 Å². The Kier molecular flexibility index (Phi) is 5.05. The topological polar surface area (TPSA) is 53.7 Å². The van der Waals surface area contributed by atoms with Crippen LogP contribution < -0.4 is 15.2 Å². The molecule has 2 N–H and O–H groups in total. The van der Waals surface area contributed by atoms with E-state index in [9.17, 15) is 0 Å². The van der Waals surface area contributed by atoms with E-state index >= 15 is 0 Å². The summed E-state index contributed by atoms with van der Waals surface area (Å²) in [6, 6.07) is 5.69. The van der Waals surface area contributed by atoms with E-state index in [0.717, 1.165) is 36.5 Å². The first-order chi connectivity index (χ1) is 9.20. The maximum absolute atomic E-state index is 5.96. The Hall–Kier alpha value is -1.26. The summed E-state index contributed by atoms with van der Waals surface area (Å²) in [4.78, 5) is 0. The number of hydrogen-bond acceptors (Lipinski definition) is 4. The molecule has 1 aliphatic heterocycles. The highest BCUT2D eigenvalue weighted by Gasteiger charge is 2.16. The summed E-state index contributed by atoms with van der Waals surface area (Å²) in [7, 11) is 1.65. The van der Waals surface area contributed by atoms with E-state index < -0.39 is 0 Å². The van der Waals surface area contributed by atoms with Crippen molar-refractivity contribution in [2.45, 2.75) is 38.3 Å². The number of nitrogens with two attached hydrogens (primary N) is 1. The highest BCUT2D eigenvalue weighted by atomic mass is 16.5. The number of benzene rings is 1. The van der Waals surface area contributed by atoms with Crippen molar-refractivity contribution in [1.82, 2.24) is 0 Å². The van der Waals surface area contributed by atoms with Gasteiger partial charge in [-0.2, -0.15) is 0 Å². The average Bonchev–Trinajstić information content (AvgIpc) is 2.45. The van der Waals surface area contributed by atoms with Gasteiger partial charge in [-0.05, 0) is 32.3 Å². The molecule has 106 valence electrons. The van der Waals surface area contributed by atoms with Gasteiger partial charge in [-0.15, -0.1) is 0 Å². The number of rotatable bonds is 5. The van der Waals surface area contributed by atoms with Gasteiger partial charge in [-0.1, -0.05) is 6.07 Å². The molecular weight excluding hydrogens is 242 g/mol. The zero-order valence-corrected chi connectivity index (χ0v) is 11.7. The third-order valence-electron chi connectivity index (χ3n) is 3.41. The lowest BCUT2D eigenvalue weighted by atomic mass is 10.1. The summed E-state index contributed by atoms with van der Waals surface area (Å²) >= 11 is 0. The van der Waals surface area contributed by atoms with Gasteiger partial charge in [-0.3, -0.25) is 0 Å². The molecular formula is C15H23NO3. The van der Waals surface area contributed by atoms with E-state index in [1.807, 2.05) is 25.1 Å². The Morgan fingerprint density at radius 2 is 2.26 bits per heavy atom. The lowest BCUT2D eigenvalue weighted by Crippen LogP contribution is -2.26. The standard InChI is InChI=1S/C15H23NO3/c1-11(16)14-7-6-12(17-2)9-15(14)19-10-13-5-3-4-8-18-13/h6-7,9,11,13H,3-5,8,10,16H2,1-2H3/t11-,13?/m1/s1. The van der Waals surface area contributed by atoms with Crippen LogP contribution in [0.4, 0.5) is 0 Å². The van der Waals surface area contributed by atoms with Crippen molar-refractivity contribution in [3.63, 3.8) is 0 Å². The zero-order chi connectivity index (χ0) is 13.7. The van der Waals surface area contributed by atoms with Gasteiger partial charge in [0.2, 0.25) is 0 Å². The van der Waals surface area contributed by atoms with Gasteiger partial charge in [0.05, 0.1) is 13.2 Å². The molecule has 2 atom stereocenters. The molecule has 1 heterocycles. The maximum Gasteiger partial charge on any atom is 0.127 e. The lowest BCUT2D eigenvalue weighted by molar-refractivity contribution is -0.0113. The fourth-order valence-electron chi connectivity index (χ4n) is 2.26. The Morgan fingerprint density at radius 3 is 2.89 bits per heavy atom. The van der Waals surface area contributed by atoms with Crippen LogP contribution in [0.1, 0.15) is 37.8 Å². The van der Waals surface area contributed by atoms with Gasteiger partial charge in [-0.25, -0.2) is 0 Å². The lowest BCUT2D eigenvalue weighted by Gasteiger charge is -2.24. The van der Waals surface area contributed by atoms with Crippen molar-refractivity contribution < 1.29 is 14.2 Å². The van der Waals surface area contributed by atoms with Crippen molar-refractivity contribution in [3.8, 4) is 11.5 Å². The third-order valence-corrected chi connectivity index (χ3v) is 3.41. The Balaban J connectivity index is 2.03. The molecule has 2 rings (SSSR count). The summed E-state index contributed by atoms with van der Waals surface area (Å²) in [6.07, 6.45) is 3.63. The van der Waals surface area contributed by atoms with E-state index in [1.165, 1.54) is 6.42 Å². The van der Waals surface area contributed by atoms with E-state index in [4.69, 9.17) is 19.9 Å².